The van der Waals surface area contributed by atoms with Gasteiger partial charge < -0.3 is 4.74 Å². The molecule has 0 unspecified atom stereocenters. The molecule has 20 heavy (non-hydrogen) atoms. The molecule has 0 aliphatic carbocycles. The molecule has 2 rings (SSSR count). The van der Waals surface area contributed by atoms with Crippen LogP contribution in [0.15, 0.2) is 53.4 Å². The van der Waals surface area contributed by atoms with Gasteiger partial charge in [-0.15, -0.1) is 0 Å². The molecule has 2 aromatic carbocycles. The molecule has 0 fully saturated rings. The Morgan fingerprint density at radius 3 is 2.45 bits per heavy atom. The van der Waals surface area contributed by atoms with Gasteiger partial charge in [0.1, 0.15) is 5.75 Å². The zero-order chi connectivity index (χ0) is 14.8. The number of rotatable bonds is 3. The molecule has 6 heteroatoms. The fourth-order valence-electron chi connectivity index (χ4n) is 1.54. The van der Waals surface area contributed by atoms with E-state index in [1.807, 2.05) is 0 Å². The van der Waals surface area contributed by atoms with Gasteiger partial charge in [-0.05, 0) is 30.3 Å². The molecular formula is C14H11ClO4S. The zero-order valence-corrected chi connectivity index (χ0v) is 12.1. The number of para-hydroxylation sites is 1. The predicted molar refractivity (Wildman–Crippen MR) is 76.0 cm³/mol. The Labute approximate surface area is 121 Å². The van der Waals surface area contributed by atoms with Crippen LogP contribution in [0, 0.1) is 0 Å². The fourth-order valence-corrected chi connectivity index (χ4v) is 2.38. The molecule has 0 aliphatic heterocycles. The first-order valence-electron chi connectivity index (χ1n) is 5.65. The number of carbonyl (C=O) groups excluding carboxylic acids is 1. The summed E-state index contributed by atoms with van der Waals surface area (Å²) in [5.74, 6) is -0.437. The smallest absolute Gasteiger partial charge is 0.343 e. The zero-order valence-electron chi connectivity index (χ0n) is 10.5. The molecule has 0 aliphatic rings. The van der Waals surface area contributed by atoms with Gasteiger partial charge in [-0.2, -0.15) is 0 Å². The lowest BCUT2D eigenvalue weighted by Gasteiger charge is -2.06. The third kappa shape index (κ3) is 3.37. The van der Waals surface area contributed by atoms with Crippen molar-refractivity contribution in [2.24, 2.45) is 0 Å². The first kappa shape index (κ1) is 14.6. The van der Waals surface area contributed by atoms with Crippen LogP contribution in [0.5, 0.6) is 5.75 Å². The van der Waals surface area contributed by atoms with Crippen molar-refractivity contribution in [3.05, 3.63) is 59.1 Å². The topological polar surface area (TPSA) is 60.4 Å². The number of benzene rings is 2. The lowest BCUT2D eigenvalue weighted by Crippen LogP contribution is -2.10. The first-order chi connectivity index (χ1) is 9.38. The van der Waals surface area contributed by atoms with Gasteiger partial charge in [0.25, 0.3) is 0 Å². The molecule has 0 radical (unpaired) electrons. The summed E-state index contributed by atoms with van der Waals surface area (Å²) in [6, 6.07) is 12.2. The van der Waals surface area contributed by atoms with Crippen LogP contribution in [0.4, 0.5) is 0 Å². The summed E-state index contributed by atoms with van der Waals surface area (Å²) in [4.78, 5) is 12.0. The van der Waals surface area contributed by atoms with E-state index in [0.717, 1.165) is 6.26 Å². The molecule has 104 valence electrons. The molecule has 0 aromatic heterocycles. The van der Waals surface area contributed by atoms with Gasteiger partial charge in [0.2, 0.25) is 0 Å². The Kier molecular flexibility index (Phi) is 4.11. The Morgan fingerprint density at radius 2 is 1.80 bits per heavy atom. The monoisotopic (exact) mass is 310 g/mol. The van der Waals surface area contributed by atoms with E-state index in [1.54, 1.807) is 24.3 Å². The second-order valence-corrected chi connectivity index (χ2v) is 6.54. The first-order valence-corrected chi connectivity index (χ1v) is 7.92. The van der Waals surface area contributed by atoms with E-state index < -0.39 is 15.8 Å². The second-order valence-electron chi connectivity index (χ2n) is 4.12. The largest absolute Gasteiger partial charge is 0.421 e. The van der Waals surface area contributed by atoms with Crippen LogP contribution >= 0.6 is 11.6 Å². The van der Waals surface area contributed by atoms with E-state index in [1.165, 1.54) is 24.3 Å². The van der Waals surface area contributed by atoms with Crippen molar-refractivity contribution in [3.63, 3.8) is 0 Å². The van der Waals surface area contributed by atoms with Gasteiger partial charge in [0.05, 0.1) is 15.5 Å². The molecule has 0 N–H and O–H groups in total. The van der Waals surface area contributed by atoms with Crippen molar-refractivity contribution in [1.82, 2.24) is 0 Å². The van der Waals surface area contributed by atoms with E-state index in [-0.39, 0.29) is 16.2 Å². The quantitative estimate of drug-likeness (QED) is 0.646. The molecule has 0 bridgehead atoms. The van der Waals surface area contributed by atoms with Crippen LogP contribution in [0.1, 0.15) is 10.4 Å². The maximum absolute atomic E-state index is 12.0. The van der Waals surface area contributed by atoms with Crippen LogP contribution in [0.3, 0.4) is 0 Å². The third-order valence-electron chi connectivity index (χ3n) is 2.54. The summed E-state index contributed by atoms with van der Waals surface area (Å²) in [7, 11) is -3.37. The number of carbonyl (C=O) groups is 1. The van der Waals surface area contributed by atoms with Crippen LogP contribution in [0.2, 0.25) is 5.02 Å². The van der Waals surface area contributed by atoms with Crippen LogP contribution in [-0.2, 0) is 9.84 Å². The molecule has 2 aromatic rings. The number of hydrogen-bond acceptors (Lipinski definition) is 4. The van der Waals surface area contributed by atoms with E-state index in [4.69, 9.17) is 16.3 Å². The van der Waals surface area contributed by atoms with Crippen molar-refractivity contribution < 1.29 is 17.9 Å². The van der Waals surface area contributed by atoms with Crippen LogP contribution < -0.4 is 4.74 Å². The number of ether oxygens (including phenoxy) is 1. The second kappa shape index (κ2) is 5.64. The number of hydrogen-bond donors (Lipinski definition) is 0. The molecule has 0 spiro atoms. The minimum Gasteiger partial charge on any atom is -0.421 e. The number of sulfone groups is 1. The van der Waals surface area contributed by atoms with Crippen molar-refractivity contribution in [1.29, 1.82) is 0 Å². The highest BCUT2D eigenvalue weighted by atomic mass is 35.5. The van der Waals surface area contributed by atoms with Crippen LogP contribution in [0.25, 0.3) is 0 Å². The molecule has 0 saturated carbocycles. The van der Waals surface area contributed by atoms with E-state index in [9.17, 15) is 13.2 Å². The highest BCUT2D eigenvalue weighted by Crippen LogP contribution is 2.24. The normalized spacial score (nSPS) is 11.1. The van der Waals surface area contributed by atoms with Gasteiger partial charge in [-0.3, -0.25) is 0 Å². The molecule has 4 nitrogen and oxygen atoms in total. The van der Waals surface area contributed by atoms with E-state index in [2.05, 4.69) is 0 Å². The molecule has 0 atom stereocenters. The molecule has 0 saturated heterocycles. The summed E-state index contributed by atoms with van der Waals surface area (Å²) in [6.45, 7) is 0. The highest BCUT2D eigenvalue weighted by Gasteiger charge is 2.14. The number of esters is 1. The van der Waals surface area contributed by atoms with Gasteiger partial charge in [0, 0.05) is 6.26 Å². The summed E-state index contributed by atoms with van der Waals surface area (Å²) < 4.78 is 28.0. The van der Waals surface area contributed by atoms with Crippen molar-refractivity contribution in [3.8, 4) is 5.75 Å². The Balaban J connectivity index is 2.29. The Morgan fingerprint density at radius 1 is 1.10 bits per heavy atom. The third-order valence-corrected chi connectivity index (χ3v) is 3.96. The summed E-state index contributed by atoms with van der Waals surface area (Å²) in [5.41, 5.74) is 0.146. The molecule has 0 heterocycles. The number of halogens is 1. The maximum atomic E-state index is 12.0. The fraction of sp³-hybridized carbons (Fsp3) is 0.0714. The standard InChI is InChI=1S/C14H11ClO4S/c1-20(17,18)11-6-4-5-10(9-11)14(16)19-13-8-3-2-7-12(13)15/h2-9H,1H3. The van der Waals surface area contributed by atoms with Crippen molar-refractivity contribution in [2.75, 3.05) is 6.26 Å². The van der Waals surface area contributed by atoms with Gasteiger partial charge in [-0.1, -0.05) is 29.8 Å². The summed E-state index contributed by atoms with van der Waals surface area (Å²) in [5, 5.41) is 0.306. The van der Waals surface area contributed by atoms with Gasteiger partial charge in [0.15, 0.2) is 9.84 Å². The molecular weight excluding hydrogens is 300 g/mol. The average Bonchev–Trinajstić information content (AvgIpc) is 2.40. The lowest BCUT2D eigenvalue weighted by atomic mass is 10.2. The minimum atomic E-state index is -3.37. The Bertz CT molecular complexity index is 753. The van der Waals surface area contributed by atoms with Crippen molar-refractivity contribution in [2.45, 2.75) is 4.90 Å². The summed E-state index contributed by atoms with van der Waals surface area (Å²) >= 11 is 5.89. The highest BCUT2D eigenvalue weighted by molar-refractivity contribution is 7.90. The maximum Gasteiger partial charge on any atom is 0.343 e. The van der Waals surface area contributed by atoms with E-state index in [0.29, 0.717) is 5.02 Å². The average molecular weight is 311 g/mol. The van der Waals surface area contributed by atoms with Crippen LogP contribution in [-0.4, -0.2) is 20.6 Å². The minimum absolute atomic E-state index is 0.0612. The Hall–Kier alpha value is -1.85. The lowest BCUT2D eigenvalue weighted by molar-refractivity contribution is 0.0734. The predicted octanol–water partition coefficient (Wildman–Crippen LogP) is 2.96. The molecule has 0 amide bonds. The van der Waals surface area contributed by atoms with Gasteiger partial charge in [-0.25, -0.2) is 13.2 Å². The van der Waals surface area contributed by atoms with E-state index >= 15 is 0 Å². The summed E-state index contributed by atoms with van der Waals surface area (Å²) in [6.07, 6.45) is 1.07. The SMILES string of the molecule is CS(=O)(=O)c1cccc(C(=O)Oc2ccccc2Cl)c1. The van der Waals surface area contributed by atoms with Crippen molar-refractivity contribution >= 4 is 27.4 Å². The van der Waals surface area contributed by atoms with Gasteiger partial charge >= 0.3 is 5.97 Å².